The van der Waals surface area contributed by atoms with Crippen molar-refractivity contribution >= 4 is 27.6 Å². The van der Waals surface area contributed by atoms with Gasteiger partial charge in [0.15, 0.2) is 6.10 Å². The molecular weight excluding hydrogens is 290 g/mol. The number of carbonyl (C=O) groups excluding carboxylic acids is 1. The second-order valence-corrected chi connectivity index (χ2v) is 4.05. The normalized spacial score (nSPS) is 11.4. The zero-order valence-electron chi connectivity index (χ0n) is 8.84. The number of nitro groups is 1. The minimum Gasteiger partial charge on any atom is -0.446 e. The maximum atomic E-state index is 11.6. The number of hydrogen-bond acceptors (Lipinski definition) is 4. The van der Waals surface area contributed by atoms with Crippen LogP contribution in [0.3, 0.4) is 0 Å². The van der Waals surface area contributed by atoms with Crippen molar-refractivity contribution in [3.05, 3.63) is 38.3 Å². The Morgan fingerprint density at radius 2 is 2.29 bits per heavy atom. The fourth-order valence-corrected chi connectivity index (χ4v) is 1.44. The van der Waals surface area contributed by atoms with Crippen LogP contribution >= 0.6 is 15.9 Å². The molecule has 6 heteroatoms. The molecule has 0 bridgehead atoms. The SMILES string of the molecule is C#C[C@H](C)OC(=O)c1ccc(Br)cc1[N+](=O)[O-]. The zero-order chi connectivity index (χ0) is 13.0. The van der Waals surface area contributed by atoms with E-state index in [1.54, 1.807) is 0 Å². The predicted octanol–water partition coefficient (Wildman–Crippen LogP) is 2.54. The van der Waals surface area contributed by atoms with E-state index in [4.69, 9.17) is 11.2 Å². The average molecular weight is 298 g/mol. The molecule has 0 radical (unpaired) electrons. The molecule has 0 spiro atoms. The molecule has 0 aliphatic heterocycles. The quantitative estimate of drug-likeness (QED) is 0.372. The lowest BCUT2D eigenvalue weighted by Gasteiger charge is -2.07. The van der Waals surface area contributed by atoms with Gasteiger partial charge < -0.3 is 4.74 Å². The largest absolute Gasteiger partial charge is 0.446 e. The van der Waals surface area contributed by atoms with E-state index < -0.39 is 17.0 Å². The lowest BCUT2D eigenvalue weighted by atomic mass is 10.2. The van der Waals surface area contributed by atoms with Gasteiger partial charge in [0.25, 0.3) is 5.69 Å². The van der Waals surface area contributed by atoms with Crippen LogP contribution in [0.15, 0.2) is 22.7 Å². The van der Waals surface area contributed by atoms with Gasteiger partial charge in [0.05, 0.1) is 4.92 Å². The van der Waals surface area contributed by atoms with Crippen molar-refractivity contribution in [1.29, 1.82) is 0 Å². The van der Waals surface area contributed by atoms with Gasteiger partial charge in [-0.05, 0) is 19.1 Å². The Morgan fingerprint density at radius 3 is 2.82 bits per heavy atom. The summed E-state index contributed by atoms with van der Waals surface area (Å²) in [4.78, 5) is 21.7. The van der Waals surface area contributed by atoms with Gasteiger partial charge in [-0.2, -0.15) is 0 Å². The summed E-state index contributed by atoms with van der Waals surface area (Å²) in [6.07, 6.45) is 4.32. The molecule has 0 amide bonds. The number of esters is 1. The number of ether oxygens (including phenoxy) is 1. The fraction of sp³-hybridized carbons (Fsp3) is 0.182. The first-order valence-corrected chi connectivity index (χ1v) is 5.36. The maximum absolute atomic E-state index is 11.6. The molecule has 0 aromatic heterocycles. The van der Waals surface area contributed by atoms with Crippen LogP contribution in [0.5, 0.6) is 0 Å². The van der Waals surface area contributed by atoms with Gasteiger partial charge in [-0.1, -0.05) is 21.9 Å². The number of rotatable bonds is 3. The van der Waals surface area contributed by atoms with E-state index in [2.05, 4.69) is 21.9 Å². The van der Waals surface area contributed by atoms with E-state index in [0.717, 1.165) is 0 Å². The molecule has 0 aliphatic carbocycles. The average Bonchev–Trinajstić information content (AvgIpc) is 2.28. The number of nitro benzene ring substituents is 1. The van der Waals surface area contributed by atoms with Crippen molar-refractivity contribution < 1.29 is 14.5 Å². The zero-order valence-corrected chi connectivity index (χ0v) is 10.4. The number of terminal acetylenes is 1. The van der Waals surface area contributed by atoms with Gasteiger partial charge in [0.1, 0.15) is 5.56 Å². The first-order valence-electron chi connectivity index (χ1n) is 4.56. The van der Waals surface area contributed by atoms with Gasteiger partial charge in [0, 0.05) is 10.5 Å². The third-order valence-corrected chi connectivity index (χ3v) is 2.39. The third-order valence-electron chi connectivity index (χ3n) is 1.89. The second-order valence-electron chi connectivity index (χ2n) is 3.13. The summed E-state index contributed by atoms with van der Waals surface area (Å²) in [6, 6.07) is 4.06. The van der Waals surface area contributed by atoms with Gasteiger partial charge in [0.2, 0.25) is 0 Å². The Balaban J connectivity index is 3.10. The molecule has 0 N–H and O–H groups in total. The van der Waals surface area contributed by atoms with E-state index in [9.17, 15) is 14.9 Å². The topological polar surface area (TPSA) is 69.4 Å². The van der Waals surface area contributed by atoms with E-state index in [1.165, 1.54) is 25.1 Å². The summed E-state index contributed by atoms with van der Waals surface area (Å²) >= 11 is 3.09. The standard InChI is InChI=1S/C11H8BrNO4/c1-3-7(2)17-11(14)9-5-4-8(12)6-10(9)13(15)16/h1,4-7H,2H3/t7-/m0/s1. The smallest absolute Gasteiger partial charge is 0.346 e. The van der Waals surface area contributed by atoms with Crippen molar-refractivity contribution in [2.45, 2.75) is 13.0 Å². The Morgan fingerprint density at radius 1 is 1.65 bits per heavy atom. The molecule has 0 fully saturated rings. The summed E-state index contributed by atoms with van der Waals surface area (Å²) in [6.45, 7) is 1.50. The molecule has 1 rings (SSSR count). The summed E-state index contributed by atoms with van der Waals surface area (Å²) in [5, 5.41) is 10.8. The van der Waals surface area contributed by atoms with Crippen molar-refractivity contribution in [2.24, 2.45) is 0 Å². The van der Waals surface area contributed by atoms with Gasteiger partial charge in [-0.3, -0.25) is 10.1 Å². The Bertz CT molecular complexity index is 507. The molecule has 0 saturated carbocycles. The molecule has 1 aromatic carbocycles. The lowest BCUT2D eigenvalue weighted by molar-refractivity contribution is -0.385. The predicted molar refractivity (Wildman–Crippen MR) is 64.5 cm³/mol. The Labute approximate surface area is 106 Å². The molecule has 0 heterocycles. The van der Waals surface area contributed by atoms with Gasteiger partial charge in [-0.15, -0.1) is 6.42 Å². The molecular formula is C11H8BrNO4. The van der Waals surface area contributed by atoms with Gasteiger partial charge >= 0.3 is 5.97 Å². The molecule has 1 aromatic rings. The lowest BCUT2D eigenvalue weighted by Crippen LogP contribution is -2.14. The molecule has 88 valence electrons. The van der Waals surface area contributed by atoms with E-state index in [0.29, 0.717) is 4.47 Å². The highest BCUT2D eigenvalue weighted by atomic mass is 79.9. The van der Waals surface area contributed by atoms with Crippen LogP contribution in [0.4, 0.5) is 5.69 Å². The van der Waals surface area contributed by atoms with E-state index in [1.807, 2.05) is 0 Å². The van der Waals surface area contributed by atoms with Crippen molar-refractivity contribution in [1.82, 2.24) is 0 Å². The van der Waals surface area contributed by atoms with Crippen LogP contribution in [-0.4, -0.2) is 17.0 Å². The van der Waals surface area contributed by atoms with Crippen LogP contribution in [0.1, 0.15) is 17.3 Å². The first-order chi connectivity index (χ1) is 7.95. The number of halogens is 1. The molecule has 0 saturated heterocycles. The van der Waals surface area contributed by atoms with E-state index in [-0.39, 0.29) is 11.3 Å². The monoisotopic (exact) mass is 297 g/mol. The Hall–Kier alpha value is -1.87. The van der Waals surface area contributed by atoms with Crippen molar-refractivity contribution in [2.75, 3.05) is 0 Å². The third kappa shape index (κ3) is 3.29. The molecule has 17 heavy (non-hydrogen) atoms. The van der Waals surface area contributed by atoms with Crippen LogP contribution < -0.4 is 0 Å². The van der Waals surface area contributed by atoms with Crippen LogP contribution in [0.25, 0.3) is 0 Å². The van der Waals surface area contributed by atoms with Crippen LogP contribution in [-0.2, 0) is 4.74 Å². The number of benzene rings is 1. The van der Waals surface area contributed by atoms with Gasteiger partial charge in [-0.25, -0.2) is 4.79 Å². The highest BCUT2D eigenvalue weighted by Crippen LogP contribution is 2.24. The van der Waals surface area contributed by atoms with Crippen LogP contribution in [0, 0.1) is 22.5 Å². The first kappa shape index (κ1) is 13.2. The maximum Gasteiger partial charge on any atom is 0.346 e. The molecule has 0 unspecified atom stereocenters. The van der Waals surface area contributed by atoms with E-state index >= 15 is 0 Å². The highest BCUT2D eigenvalue weighted by molar-refractivity contribution is 9.10. The number of nitrogens with zero attached hydrogens (tertiary/aromatic N) is 1. The minimum absolute atomic E-state index is 0.125. The summed E-state index contributed by atoms with van der Waals surface area (Å²) in [5.41, 5.74) is -0.450. The minimum atomic E-state index is -0.811. The fourth-order valence-electron chi connectivity index (χ4n) is 1.09. The Kier molecular flexibility index (Phi) is 4.24. The molecule has 1 atom stereocenters. The molecule has 5 nitrogen and oxygen atoms in total. The highest BCUT2D eigenvalue weighted by Gasteiger charge is 2.22. The summed E-state index contributed by atoms with van der Waals surface area (Å²) in [7, 11) is 0. The second kappa shape index (κ2) is 5.46. The number of hydrogen-bond donors (Lipinski definition) is 0. The summed E-state index contributed by atoms with van der Waals surface area (Å²) in [5.74, 6) is 1.39. The number of carbonyl (C=O) groups is 1. The van der Waals surface area contributed by atoms with Crippen molar-refractivity contribution in [3.8, 4) is 12.3 Å². The van der Waals surface area contributed by atoms with Crippen LogP contribution in [0.2, 0.25) is 0 Å². The molecule has 0 aliphatic rings. The van der Waals surface area contributed by atoms with Crippen molar-refractivity contribution in [3.63, 3.8) is 0 Å². The summed E-state index contributed by atoms with van der Waals surface area (Å²) < 4.78 is 5.33.